The minimum absolute atomic E-state index is 0.0455. The number of hydrogen-bond donors (Lipinski definition) is 1. The molecule has 0 unspecified atom stereocenters. The molecule has 1 aliphatic heterocycles. The van der Waals surface area contributed by atoms with E-state index in [0.29, 0.717) is 18.2 Å². The van der Waals surface area contributed by atoms with Crippen LogP contribution in [0.1, 0.15) is 105 Å². The van der Waals surface area contributed by atoms with Crippen molar-refractivity contribution < 1.29 is 14.1 Å². The topological polar surface area (TPSA) is 75.4 Å². The van der Waals surface area contributed by atoms with E-state index in [1.54, 1.807) is 0 Å². The number of urea groups is 1. The van der Waals surface area contributed by atoms with Gasteiger partial charge in [-0.2, -0.15) is 0 Å². The van der Waals surface area contributed by atoms with Crippen molar-refractivity contribution in [3.05, 3.63) is 29.2 Å². The Morgan fingerprint density at radius 2 is 1.74 bits per heavy atom. The lowest BCUT2D eigenvalue weighted by Gasteiger charge is -2.70. The van der Waals surface area contributed by atoms with E-state index >= 15 is 0 Å². The quantitative estimate of drug-likeness (QED) is 0.450. The number of nitrogens with one attached hydrogen (secondary N) is 1. The van der Waals surface area contributed by atoms with Crippen molar-refractivity contribution in [1.82, 2.24) is 15.4 Å². The molecule has 212 valence electrons. The van der Waals surface area contributed by atoms with Gasteiger partial charge in [0, 0.05) is 35.5 Å². The molecule has 6 heteroatoms. The summed E-state index contributed by atoms with van der Waals surface area (Å²) in [7, 11) is 0. The van der Waals surface area contributed by atoms with Crippen molar-refractivity contribution in [2.75, 3.05) is 13.1 Å². The van der Waals surface area contributed by atoms with Crippen molar-refractivity contribution in [1.29, 1.82) is 0 Å². The smallest absolute Gasteiger partial charge is 0.317 e. The van der Waals surface area contributed by atoms with Crippen LogP contribution in [0.15, 0.2) is 22.4 Å². The number of carbonyl (C=O) groups is 2. The molecule has 1 aromatic heterocycles. The summed E-state index contributed by atoms with van der Waals surface area (Å²) in [4.78, 5) is 30.0. The second-order valence-corrected chi connectivity index (χ2v) is 16.2. The average Bonchev–Trinajstić information content (AvgIpc) is 3.50. The van der Waals surface area contributed by atoms with Gasteiger partial charge in [-0.3, -0.25) is 4.79 Å². The van der Waals surface area contributed by atoms with Gasteiger partial charge in [-0.1, -0.05) is 59.2 Å². The maximum atomic E-state index is 14.7. The van der Waals surface area contributed by atoms with Crippen LogP contribution < -0.4 is 5.32 Å². The fraction of sp³-hybridized carbons (Fsp3) is 0.788. The van der Waals surface area contributed by atoms with Gasteiger partial charge in [-0.15, -0.1) is 0 Å². The normalized spacial score (nSPS) is 45.8. The van der Waals surface area contributed by atoms with Gasteiger partial charge in [0.15, 0.2) is 5.78 Å². The molecular formula is C33H47N3O3. The van der Waals surface area contributed by atoms with Gasteiger partial charge in [0.25, 0.3) is 0 Å². The number of carbonyl (C=O) groups excluding carboxylic acids is 2. The lowest BCUT2D eigenvalue weighted by molar-refractivity contribution is -0.171. The number of rotatable bonds is 1. The molecule has 0 radical (unpaired) electrons. The fourth-order valence-electron chi connectivity index (χ4n) is 11.6. The van der Waals surface area contributed by atoms with E-state index in [1.165, 1.54) is 11.1 Å². The van der Waals surface area contributed by atoms with Gasteiger partial charge in [0.05, 0.1) is 6.20 Å². The molecular weight excluding hydrogens is 486 g/mol. The predicted molar refractivity (Wildman–Crippen MR) is 150 cm³/mol. The standard InChI is InChI=1S/C33H47N3O3/c1-28(2)10-12-33(36-15-14-34-27(36)38)13-11-32(7)25(21(33)18-28)22(37)16-24-30(5)17-20-19-35-39-26(20)29(3,4)23(30)8-9-31(24,32)6/h16,19,21,23,25H,8-15,17-18H2,1-7H3,(H,34,38)/t21-,23-,25-,30-,31+,32+,33-/m0/s1. The van der Waals surface area contributed by atoms with E-state index in [4.69, 9.17) is 4.52 Å². The van der Waals surface area contributed by atoms with E-state index in [9.17, 15) is 9.59 Å². The molecule has 7 rings (SSSR count). The predicted octanol–water partition coefficient (Wildman–Crippen LogP) is 6.45. The number of ketones is 1. The first-order valence-corrected chi connectivity index (χ1v) is 15.5. The molecule has 1 saturated heterocycles. The van der Waals surface area contributed by atoms with Gasteiger partial charge < -0.3 is 14.7 Å². The maximum Gasteiger partial charge on any atom is 0.317 e. The van der Waals surface area contributed by atoms with Crippen molar-refractivity contribution in [3.8, 4) is 0 Å². The molecule has 3 saturated carbocycles. The van der Waals surface area contributed by atoms with Crippen LogP contribution in [0.25, 0.3) is 0 Å². The summed E-state index contributed by atoms with van der Waals surface area (Å²) in [5, 5.41) is 7.30. The lowest BCUT2D eigenvalue weighted by atomic mass is 9.34. The molecule has 2 amide bonds. The summed E-state index contributed by atoms with van der Waals surface area (Å²) < 4.78 is 5.83. The lowest BCUT2D eigenvalue weighted by Crippen LogP contribution is -2.70. The minimum atomic E-state index is -0.205. The third-order valence-electron chi connectivity index (χ3n) is 13.7. The SMILES string of the molecule is CC1(C)CC[C@]2(N3CCNC3=O)CC[C@]3(C)[C@H](C(=O)C=C4[C@@]5(C)Cc6cnoc6C(C)(C)[C@@H]5CC[C@]43C)[C@@H]2C1. The Labute approximate surface area is 233 Å². The number of hydrogen-bond acceptors (Lipinski definition) is 4. The highest BCUT2D eigenvalue weighted by Gasteiger charge is 2.71. The molecule has 1 N–H and O–H groups in total. The summed E-state index contributed by atoms with van der Waals surface area (Å²) in [5.41, 5.74) is 2.16. The van der Waals surface area contributed by atoms with Crippen LogP contribution in [0.4, 0.5) is 4.79 Å². The molecule has 1 aromatic rings. The summed E-state index contributed by atoms with van der Waals surface area (Å²) in [6.45, 7) is 18.2. The number of fused-ring (bicyclic) bond motifs is 8. The zero-order valence-corrected chi connectivity index (χ0v) is 25.1. The van der Waals surface area contributed by atoms with E-state index in [-0.39, 0.29) is 50.5 Å². The van der Waals surface area contributed by atoms with Crippen LogP contribution >= 0.6 is 0 Å². The molecule has 2 heterocycles. The van der Waals surface area contributed by atoms with Gasteiger partial charge in [-0.05, 0) is 90.9 Å². The van der Waals surface area contributed by atoms with Crippen LogP contribution in [-0.4, -0.2) is 40.5 Å². The van der Waals surface area contributed by atoms with Gasteiger partial charge >= 0.3 is 6.03 Å². The molecule has 7 atom stereocenters. The first kappa shape index (κ1) is 25.8. The molecule has 4 fully saturated rings. The highest BCUT2D eigenvalue weighted by Crippen LogP contribution is 2.74. The second-order valence-electron chi connectivity index (χ2n) is 16.2. The molecule has 0 spiro atoms. The van der Waals surface area contributed by atoms with Crippen LogP contribution in [0.5, 0.6) is 0 Å². The van der Waals surface area contributed by atoms with Crippen LogP contribution in [0, 0.1) is 39.4 Å². The van der Waals surface area contributed by atoms with Gasteiger partial charge in [-0.25, -0.2) is 4.79 Å². The summed E-state index contributed by atoms with van der Waals surface area (Å²) >= 11 is 0. The van der Waals surface area contributed by atoms with Crippen LogP contribution in [-0.2, 0) is 16.6 Å². The number of nitrogens with zero attached hydrogens (tertiary/aromatic N) is 2. The van der Waals surface area contributed by atoms with Crippen LogP contribution in [0.2, 0.25) is 0 Å². The maximum absolute atomic E-state index is 14.7. The van der Waals surface area contributed by atoms with Crippen molar-refractivity contribution in [2.24, 2.45) is 39.4 Å². The molecule has 0 aromatic carbocycles. The largest absolute Gasteiger partial charge is 0.361 e. The Balaban J connectivity index is 1.37. The van der Waals surface area contributed by atoms with Crippen molar-refractivity contribution in [2.45, 2.75) is 111 Å². The Kier molecular flexibility index (Phi) is 5.02. The molecule has 6 aliphatic rings. The van der Waals surface area contributed by atoms with Gasteiger partial charge in [0.1, 0.15) is 5.76 Å². The number of aromatic nitrogens is 1. The summed E-state index contributed by atoms with van der Waals surface area (Å²) in [6, 6.07) is 0.0796. The molecule has 0 bridgehead atoms. The Morgan fingerprint density at radius 1 is 1.00 bits per heavy atom. The Bertz CT molecular complexity index is 1290. The number of amides is 2. The van der Waals surface area contributed by atoms with Crippen molar-refractivity contribution in [3.63, 3.8) is 0 Å². The third-order valence-corrected chi connectivity index (χ3v) is 13.7. The first-order valence-electron chi connectivity index (χ1n) is 15.5. The Hall–Kier alpha value is -2.11. The van der Waals surface area contributed by atoms with E-state index in [1.807, 2.05) is 6.20 Å². The summed E-state index contributed by atoms with van der Waals surface area (Å²) in [5.74, 6) is 1.92. The summed E-state index contributed by atoms with van der Waals surface area (Å²) in [6.07, 6.45) is 12.3. The molecule has 39 heavy (non-hydrogen) atoms. The highest BCUT2D eigenvalue weighted by molar-refractivity contribution is 5.95. The average molecular weight is 534 g/mol. The fourth-order valence-corrected chi connectivity index (χ4v) is 11.6. The molecule has 5 aliphatic carbocycles. The highest BCUT2D eigenvalue weighted by atomic mass is 16.5. The second kappa shape index (κ2) is 7.59. The minimum Gasteiger partial charge on any atom is -0.361 e. The van der Waals surface area contributed by atoms with Crippen molar-refractivity contribution >= 4 is 11.8 Å². The van der Waals surface area contributed by atoms with Crippen LogP contribution in [0.3, 0.4) is 0 Å². The van der Waals surface area contributed by atoms with E-state index in [0.717, 1.165) is 63.7 Å². The number of allylic oxidation sites excluding steroid dienone is 2. The van der Waals surface area contributed by atoms with E-state index < -0.39 is 0 Å². The third kappa shape index (κ3) is 3.02. The monoisotopic (exact) mass is 533 g/mol. The first-order chi connectivity index (χ1) is 18.2. The zero-order chi connectivity index (χ0) is 27.8. The zero-order valence-electron chi connectivity index (χ0n) is 25.1. The van der Waals surface area contributed by atoms with E-state index in [2.05, 4.69) is 69.9 Å². The molecule has 6 nitrogen and oxygen atoms in total. The Morgan fingerprint density at radius 3 is 2.46 bits per heavy atom. The van der Waals surface area contributed by atoms with Gasteiger partial charge in [0.2, 0.25) is 0 Å².